The summed E-state index contributed by atoms with van der Waals surface area (Å²) in [5.41, 5.74) is 0. The van der Waals surface area contributed by atoms with Crippen molar-refractivity contribution >= 4 is 5.91 Å². The average Bonchev–Trinajstić information content (AvgIpc) is 3.09. The lowest BCUT2D eigenvalue weighted by atomic mass is 9.91. The fraction of sp³-hybridized carbons (Fsp3) is 0.722. The first kappa shape index (κ1) is 17.5. The van der Waals surface area contributed by atoms with E-state index in [1.807, 2.05) is 17.0 Å². The summed E-state index contributed by atoms with van der Waals surface area (Å²) in [5.74, 6) is 1.63. The van der Waals surface area contributed by atoms with Crippen LogP contribution in [0, 0.1) is 5.92 Å². The van der Waals surface area contributed by atoms with Gasteiger partial charge in [0.25, 0.3) is 0 Å². The molecule has 0 saturated carbocycles. The number of aliphatic hydroxyl groups is 1. The Morgan fingerprint density at radius 3 is 2.75 bits per heavy atom. The molecule has 0 aromatic carbocycles. The van der Waals surface area contributed by atoms with Gasteiger partial charge in [-0.15, -0.1) is 0 Å². The second kappa shape index (κ2) is 8.14. The van der Waals surface area contributed by atoms with Gasteiger partial charge in [0.2, 0.25) is 5.91 Å². The number of carbonyl (C=O) groups is 1. The van der Waals surface area contributed by atoms with Crippen LogP contribution in [0.2, 0.25) is 0 Å². The predicted molar refractivity (Wildman–Crippen MR) is 91.4 cm³/mol. The van der Waals surface area contributed by atoms with Crippen LogP contribution in [0.25, 0.3) is 0 Å². The molecule has 24 heavy (non-hydrogen) atoms. The van der Waals surface area contributed by atoms with Crippen LogP contribution in [0.4, 0.5) is 0 Å². The highest BCUT2D eigenvalue weighted by molar-refractivity contribution is 5.78. The van der Waals surface area contributed by atoms with Gasteiger partial charge in [0.15, 0.2) is 0 Å². The Morgan fingerprint density at radius 1 is 1.29 bits per heavy atom. The maximum atomic E-state index is 12.6. The Morgan fingerprint density at radius 2 is 2.08 bits per heavy atom. The lowest BCUT2D eigenvalue weighted by Gasteiger charge is -2.40. The summed E-state index contributed by atoms with van der Waals surface area (Å²) >= 11 is 0. The molecule has 1 N–H and O–H groups in total. The van der Waals surface area contributed by atoms with Crippen LogP contribution in [0.3, 0.4) is 0 Å². The Balaban J connectivity index is 1.46. The standard InChI is InChI=1S/C18H29N3O3/c1-15-4-2-6-21(17(15)14-22)13-18(23)20-9-7-19(8-10-20)12-16-5-3-11-24-16/h3,5,11,15,17,22H,2,4,6-10,12-14H2,1H3. The average molecular weight is 335 g/mol. The van der Waals surface area contributed by atoms with Crippen LogP contribution in [-0.2, 0) is 11.3 Å². The highest BCUT2D eigenvalue weighted by Crippen LogP contribution is 2.23. The number of piperazine rings is 1. The molecule has 2 aliphatic heterocycles. The number of amides is 1. The van der Waals surface area contributed by atoms with E-state index in [0.29, 0.717) is 12.5 Å². The van der Waals surface area contributed by atoms with Crippen molar-refractivity contribution in [2.45, 2.75) is 32.4 Å². The minimum absolute atomic E-state index is 0.128. The Bertz CT molecular complexity index is 512. The van der Waals surface area contributed by atoms with Crippen molar-refractivity contribution in [2.24, 2.45) is 5.92 Å². The molecule has 1 aromatic heterocycles. The van der Waals surface area contributed by atoms with E-state index in [2.05, 4.69) is 16.7 Å². The third-order valence-corrected chi connectivity index (χ3v) is 5.44. The van der Waals surface area contributed by atoms with Crippen molar-refractivity contribution in [2.75, 3.05) is 45.9 Å². The van der Waals surface area contributed by atoms with E-state index in [0.717, 1.165) is 57.9 Å². The summed E-state index contributed by atoms with van der Waals surface area (Å²) in [4.78, 5) is 19.1. The van der Waals surface area contributed by atoms with Crippen molar-refractivity contribution in [1.29, 1.82) is 0 Å². The zero-order valence-corrected chi connectivity index (χ0v) is 14.6. The summed E-state index contributed by atoms with van der Waals surface area (Å²) in [6.45, 7) is 7.78. The summed E-state index contributed by atoms with van der Waals surface area (Å²) < 4.78 is 5.39. The zero-order valence-electron chi connectivity index (χ0n) is 14.6. The molecular weight excluding hydrogens is 306 g/mol. The van der Waals surface area contributed by atoms with Crippen LogP contribution in [0.1, 0.15) is 25.5 Å². The van der Waals surface area contributed by atoms with Gasteiger partial charge in [-0.2, -0.15) is 0 Å². The van der Waals surface area contributed by atoms with Crippen molar-refractivity contribution in [3.8, 4) is 0 Å². The molecule has 0 aliphatic carbocycles. The van der Waals surface area contributed by atoms with Gasteiger partial charge in [-0.05, 0) is 37.4 Å². The normalized spacial score (nSPS) is 26.7. The molecule has 0 spiro atoms. The van der Waals surface area contributed by atoms with E-state index < -0.39 is 0 Å². The first-order valence-corrected chi connectivity index (χ1v) is 9.05. The molecule has 0 bridgehead atoms. The van der Waals surface area contributed by atoms with Crippen LogP contribution in [0.15, 0.2) is 22.8 Å². The number of furan rings is 1. The van der Waals surface area contributed by atoms with Crippen LogP contribution in [-0.4, -0.2) is 77.6 Å². The van der Waals surface area contributed by atoms with E-state index in [9.17, 15) is 9.90 Å². The van der Waals surface area contributed by atoms with Crippen molar-refractivity contribution in [3.63, 3.8) is 0 Å². The quantitative estimate of drug-likeness (QED) is 0.870. The van der Waals surface area contributed by atoms with Gasteiger partial charge in [-0.1, -0.05) is 6.92 Å². The second-order valence-corrected chi connectivity index (χ2v) is 7.08. The van der Waals surface area contributed by atoms with E-state index >= 15 is 0 Å². The van der Waals surface area contributed by atoms with Crippen LogP contribution in [0.5, 0.6) is 0 Å². The molecule has 2 atom stereocenters. The SMILES string of the molecule is CC1CCCN(CC(=O)N2CCN(Cc3ccco3)CC2)C1CO. The minimum Gasteiger partial charge on any atom is -0.468 e. The largest absolute Gasteiger partial charge is 0.468 e. The van der Waals surface area contributed by atoms with Crippen molar-refractivity contribution in [1.82, 2.24) is 14.7 Å². The number of rotatable bonds is 5. The van der Waals surface area contributed by atoms with Crippen LogP contribution >= 0.6 is 0 Å². The number of hydrogen-bond acceptors (Lipinski definition) is 5. The fourth-order valence-electron chi connectivity index (χ4n) is 3.88. The van der Waals surface area contributed by atoms with Gasteiger partial charge < -0.3 is 14.4 Å². The maximum Gasteiger partial charge on any atom is 0.236 e. The summed E-state index contributed by atoms with van der Waals surface area (Å²) in [6, 6.07) is 4.03. The number of piperidine rings is 1. The first-order chi connectivity index (χ1) is 11.7. The molecule has 1 aromatic rings. The van der Waals surface area contributed by atoms with E-state index in [4.69, 9.17) is 4.42 Å². The van der Waals surface area contributed by atoms with E-state index in [1.165, 1.54) is 0 Å². The minimum atomic E-state index is 0.128. The molecule has 3 heterocycles. The van der Waals surface area contributed by atoms with E-state index in [-0.39, 0.29) is 18.6 Å². The van der Waals surface area contributed by atoms with Gasteiger partial charge in [0.05, 0.1) is 26.0 Å². The lowest BCUT2D eigenvalue weighted by molar-refractivity contribution is -0.136. The molecule has 3 rings (SSSR count). The summed E-state index contributed by atoms with van der Waals surface area (Å²) in [6.07, 6.45) is 3.95. The van der Waals surface area contributed by atoms with Crippen molar-refractivity contribution < 1.29 is 14.3 Å². The van der Waals surface area contributed by atoms with Gasteiger partial charge in [0, 0.05) is 32.2 Å². The molecule has 2 fully saturated rings. The van der Waals surface area contributed by atoms with Gasteiger partial charge in [-0.3, -0.25) is 14.6 Å². The molecule has 2 unspecified atom stereocenters. The van der Waals surface area contributed by atoms with E-state index in [1.54, 1.807) is 6.26 Å². The predicted octanol–water partition coefficient (Wildman–Crippen LogP) is 1.02. The molecule has 0 radical (unpaired) electrons. The molecule has 2 aliphatic rings. The van der Waals surface area contributed by atoms with Crippen molar-refractivity contribution in [3.05, 3.63) is 24.2 Å². The Kier molecular flexibility index (Phi) is 5.92. The molecule has 6 nitrogen and oxygen atoms in total. The third-order valence-electron chi connectivity index (χ3n) is 5.44. The highest BCUT2D eigenvalue weighted by atomic mass is 16.3. The Labute approximate surface area is 144 Å². The molecule has 1 amide bonds. The van der Waals surface area contributed by atoms with Gasteiger partial charge in [-0.25, -0.2) is 0 Å². The monoisotopic (exact) mass is 335 g/mol. The first-order valence-electron chi connectivity index (χ1n) is 9.05. The topological polar surface area (TPSA) is 60.2 Å². The number of nitrogens with zero attached hydrogens (tertiary/aromatic N) is 3. The molecule has 134 valence electrons. The second-order valence-electron chi connectivity index (χ2n) is 7.08. The number of likely N-dealkylation sites (tertiary alicyclic amines) is 1. The molecule has 2 saturated heterocycles. The highest BCUT2D eigenvalue weighted by Gasteiger charge is 2.31. The number of hydrogen-bond donors (Lipinski definition) is 1. The van der Waals surface area contributed by atoms with Gasteiger partial charge in [0.1, 0.15) is 5.76 Å². The number of aliphatic hydroxyl groups excluding tert-OH is 1. The van der Waals surface area contributed by atoms with Gasteiger partial charge >= 0.3 is 0 Å². The zero-order chi connectivity index (χ0) is 16.9. The maximum absolute atomic E-state index is 12.6. The lowest BCUT2D eigenvalue weighted by Crippen LogP contribution is -2.54. The fourth-order valence-corrected chi connectivity index (χ4v) is 3.88. The number of carbonyl (C=O) groups excluding carboxylic acids is 1. The van der Waals surface area contributed by atoms with Crippen LogP contribution < -0.4 is 0 Å². The smallest absolute Gasteiger partial charge is 0.236 e. The third kappa shape index (κ3) is 4.18. The molecular formula is C18H29N3O3. The summed E-state index contributed by atoms with van der Waals surface area (Å²) in [7, 11) is 0. The summed E-state index contributed by atoms with van der Waals surface area (Å²) in [5, 5.41) is 9.63. The Hall–Kier alpha value is -1.37. The molecule has 6 heteroatoms.